The molecule has 160 valence electrons. The van der Waals surface area contributed by atoms with Crippen LogP contribution in [0.2, 0.25) is 0 Å². The van der Waals surface area contributed by atoms with Crippen molar-refractivity contribution in [1.29, 1.82) is 0 Å². The van der Waals surface area contributed by atoms with Crippen LogP contribution in [0.5, 0.6) is 0 Å². The molecule has 2 aromatic carbocycles. The Balaban J connectivity index is 0.000000450. The van der Waals surface area contributed by atoms with Gasteiger partial charge in [0.1, 0.15) is 0 Å². The molecule has 0 N–H and O–H groups in total. The second-order valence-corrected chi connectivity index (χ2v) is 11.5. The molecule has 0 nitrogen and oxygen atoms in total. The first-order valence-electron chi connectivity index (χ1n) is 10.4. The van der Waals surface area contributed by atoms with E-state index in [1.807, 2.05) is 0 Å². The summed E-state index contributed by atoms with van der Waals surface area (Å²) < 4.78 is 0. The van der Waals surface area contributed by atoms with Crippen LogP contribution in [0, 0.1) is 26.7 Å². The van der Waals surface area contributed by atoms with Crippen molar-refractivity contribution in [2.75, 3.05) is 0 Å². The first-order valence-corrected chi connectivity index (χ1v) is 16.7. The fourth-order valence-corrected chi connectivity index (χ4v) is 4.32. The SMILES string of the molecule is [CH3-].[CH3-].[Cl][Zr+2][Cl].c1ccc(CC2CCCC2)cc1.c1ccc(CC2CCCC2)cc1. The Labute approximate surface area is 199 Å². The summed E-state index contributed by atoms with van der Waals surface area (Å²) in [6, 6.07) is 21.8. The molecule has 0 aliphatic heterocycles. The molecular weight excluding hydrogens is 474 g/mol. The van der Waals surface area contributed by atoms with E-state index in [0.29, 0.717) is 0 Å². The summed E-state index contributed by atoms with van der Waals surface area (Å²) in [5.41, 5.74) is 3.04. The van der Waals surface area contributed by atoms with Crippen molar-refractivity contribution in [1.82, 2.24) is 0 Å². The van der Waals surface area contributed by atoms with Crippen LogP contribution in [-0.2, 0) is 33.7 Å². The van der Waals surface area contributed by atoms with Gasteiger partial charge in [0, 0.05) is 0 Å². The molecule has 0 aromatic heterocycles. The Morgan fingerprint density at radius 1 is 0.586 bits per heavy atom. The van der Waals surface area contributed by atoms with Crippen molar-refractivity contribution in [3.63, 3.8) is 0 Å². The predicted octanol–water partition coefficient (Wildman–Crippen LogP) is 9.12. The molecule has 0 spiro atoms. The number of hydrogen-bond donors (Lipinski definition) is 0. The summed E-state index contributed by atoms with van der Waals surface area (Å²) >= 11 is -0.826. The zero-order valence-corrected chi connectivity index (χ0v) is 22.2. The Bertz CT molecular complexity index is 523. The van der Waals surface area contributed by atoms with Crippen LogP contribution in [0.4, 0.5) is 0 Å². The van der Waals surface area contributed by atoms with Gasteiger partial charge in [0.25, 0.3) is 0 Å². The largest absolute Gasteiger partial charge is 0.0622 e. The van der Waals surface area contributed by atoms with E-state index in [9.17, 15) is 0 Å². The van der Waals surface area contributed by atoms with Crippen LogP contribution in [0.25, 0.3) is 0 Å². The Morgan fingerprint density at radius 2 is 0.862 bits per heavy atom. The van der Waals surface area contributed by atoms with E-state index in [1.54, 1.807) is 0 Å². The van der Waals surface area contributed by atoms with E-state index in [-0.39, 0.29) is 14.9 Å². The van der Waals surface area contributed by atoms with Crippen molar-refractivity contribution >= 4 is 17.0 Å². The van der Waals surface area contributed by atoms with E-state index in [0.717, 1.165) is 11.8 Å². The van der Waals surface area contributed by atoms with Gasteiger partial charge in [-0.3, -0.25) is 0 Å². The summed E-state index contributed by atoms with van der Waals surface area (Å²) in [6.45, 7) is 0. The topological polar surface area (TPSA) is 0 Å². The molecular formula is C26H38Cl2Zr. The Hall–Kier alpha value is -0.0969. The van der Waals surface area contributed by atoms with E-state index in [2.05, 4.69) is 60.7 Å². The monoisotopic (exact) mass is 510 g/mol. The van der Waals surface area contributed by atoms with Crippen molar-refractivity contribution < 1.29 is 20.8 Å². The third-order valence-electron chi connectivity index (χ3n) is 5.68. The van der Waals surface area contributed by atoms with Crippen LogP contribution >= 0.6 is 17.0 Å². The molecule has 0 radical (unpaired) electrons. The average molecular weight is 513 g/mol. The Kier molecular flexibility index (Phi) is 18.6. The van der Waals surface area contributed by atoms with Gasteiger partial charge in [-0.1, -0.05) is 112 Å². The van der Waals surface area contributed by atoms with Crippen LogP contribution in [-0.4, -0.2) is 0 Å². The second-order valence-electron chi connectivity index (χ2n) is 7.75. The second kappa shape index (κ2) is 18.7. The van der Waals surface area contributed by atoms with E-state index in [4.69, 9.17) is 17.0 Å². The maximum atomic E-state index is 4.93. The van der Waals surface area contributed by atoms with Gasteiger partial charge in [0.05, 0.1) is 0 Å². The summed E-state index contributed by atoms with van der Waals surface area (Å²) in [4.78, 5) is 0. The first-order chi connectivity index (χ1) is 13.3. The molecule has 2 aliphatic rings. The standard InChI is InChI=1S/2C12H16.2CH3.2ClH.Zr/c2*1-2-6-11(7-3-1)10-12-8-4-5-9-12;;;;;/h2*1-3,6-7,12H,4-5,8-10H2;2*1H3;2*1H;/q;;2*-1;;;+4/p-2. The van der Waals surface area contributed by atoms with Gasteiger partial charge in [-0.15, -0.1) is 0 Å². The zero-order valence-electron chi connectivity index (χ0n) is 18.3. The predicted molar refractivity (Wildman–Crippen MR) is 129 cm³/mol. The maximum Gasteiger partial charge on any atom is -0.0250 e. The summed E-state index contributed by atoms with van der Waals surface area (Å²) in [5.74, 6) is 1.96. The van der Waals surface area contributed by atoms with E-state index >= 15 is 0 Å². The fraction of sp³-hybridized carbons (Fsp3) is 0.462. The number of hydrogen-bond acceptors (Lipinski definition) is 0. The third-order valence-corrected chi connectivity index (χ3v) is 5.68. The fourth-order valence-electron chi connectivity index (χ4n) is 4.32. The quantitative estimate of drug-likeness (QED) is 0.358. The van der Waals surface area contributed by atoms with Gasteiger partial charge < -0.3 is 14.9 Å². The molecule has 0 amide bonds. The zero-order chi connectivity index (χ0) is 19.2. The van der Waals surface area contributed by atoms with Crippen molar-refractivity contribution in [3.05, 3.63) is 86.6 Å². The van der Waals surface area contributed by atoms with Gasteiger partial charge >= 0.3 is 37.9 Å². The van der Waals surface area contributed by atoms with E-state index in [1.165, 1.54) is 75.3 Å². The summed E-state index contributed by atoms with van der Waals surface area (Å²) in [7, 11) is 9.87. The van der Waals surface area contributed by atoms with Gasteiger partial charge in [0.2, 0.25) is 0 Å². The molecule has 4 rings (SSSR count). The molecule has 29 heavy (non-hydrogen) atoms. The van der Waals surface area contributed by atoms with E-state index < -0.39 is 20.8 Å². The van der Waals surface area contributed by atoms with Gasteiger partial charge in [0.15, 0.2) is 0 Å². The minimum Gasteiger partial charge on any atom is -0.0622 e. The van der Waals surface area contributed by atoms with Crippen molar-refractivity contribution in [3.8, 4) is 0 Å². The number of rotatable bonds is 4. The molecule has 2 aliphatic carbocycles. The first kappa shape index (κ1) is 28.9. The van der Waals surface area contributed by atoms with Crippen molar-refractivity contribution in [2.24, 2.45) is 11.8 Å². The molecule has 2 saturated carbocycles. The molecule has 2 fully saturated rings. The average Bonchev–Trinajstić information content (AvgIpc) is 3.39. The molecule has 0 saturated heterocycles. The molecule has 0 unspecified atom stereocenters. The van der Waals surface area contributed by atoms with Crippen LogP contribution < -0.4 is 0 Å². The normalized spacial score (nSPS) is 15.5. The number of halogens is 2. The third kappa shape index (κ3) is 13.0. The van der Waals surface area contributed by atoms with Crippen LogP contribution in [0.3, 0.4) is 0 Å². The minimum absolute atomic E-state index is 0. The smallest absolute Gasteiger partial charge is 0.0250 e. The van der Waals surface area contributed by atoms with Crippen LogP contribution in [0.15, 0.2) is 60.7 Å². The minimum atomic E-state index is -0.826. The molecule has 2 aromatic rings. The molecule has 0 heterocycles. The van der Waals surface area contributed by atoms with Crippen LogP contribution in [0.1, 0.15) is 62.5 Å². The van der Waals surface area contributed by atoms with Gasteiger partial charge in [-0.2, -0.15) is 0 Å². The number of benzene rings is 2. The van der Waals surface area contributed by atoms with Crippen molar-refractivity contribution in [2.45, 2.75) is 64.2 Å². The Morgan fingerprint density at radius 3 is 1.14 bits per heavy atom. The van der Waals surface area contributed by atoms with Gasteiger partial charge in [-0.25, -0.2) is 0 Å². The maximum absolute atomic E-state index is 4.93. The summed E-state index contributed by atoms with van der Waals surface area (Å²) in [6.07, 6.45) is 14.2. The molecule has 0 bridgehead atoms. The van der Waals surface area contributed by atoms with Gasteiger partial charge in [-0.05, 0) is 35.8 Å². The molecule has 0 atom stereocenters. The molecule has 3 heteroatoms. The summed E-state index contributed by atoms with van der Waals surface area (Å²) in [5, 5.41) is 0.